The lowest BCUT2D eigenvalue weighted by Crippen LogP contribution is -2.46. The van der Waals surface area contributed by atoms with Gasteiger partial charge >= 0.3 is 0 Å². The lowest BCUT2D eigenvalue weighted by Gasteiger charge is -2.34. The summed E-state index contributed by atoms with van der Waals surface area (Å²) in [5, 5.41) is 6.92. The highest BCUT2D eigenvalue weighted by Crippen LogP contribution is 2.28. The van der Waals surface area contributed by atoms with Gasteiger partial charge in [0.25, 0.3) is 0 Å². The zero-order chi connectivity index (χ0) is 17.5. The Balaban J connectivity index is 0.00000243. The summed E-state index contributed by atoms with van der Waals surface area (Å²) in [5.74, 6) is 1.76. The molecule has 1 heterocycles. The molecule has 146 valence electrons. The fourth-order valence-corrected chi connectivity index (χ4v) is 3.42. The van der Waals surface area contributed by atoms with Gasteiger partial charge in [0.1, 0.15) is 0 Å². The van der Waals surface area contributed by atoms with Crippen molar-refractivity contribution in [1.29, 1.82) is 0 Å². The zero-order valence-corrected chi connectivity index (χ0v) is 18.5. The summed E-state index contributed by atoms with van der Waals surface area (Å²) in [6.45, 7) is 10.2. The lowest BCUT2D eigenvalue weighted by molar-refractivity contribution is 0.126. The van der Waals surface area contributed by atoms with Gasteiger partial charge < -0.3 is 15.5 Å². The van der Waals surface area contributed by atoms with Gasteiger partial charge in [-0.05, 0) is 30.9 Å². The monoisotopic (exact) mass is 471 g/mol. The first-order chi connectivity index (χ1) is 12.2. The number of benzene rings is 1. The third-order valence-electron chi connectivity index (χ3n) is 5.31. The van der Waals surface area contributed by atoms with Crippen molar-refractivity contribution in [2.24, 2.45) is 10.9 Å². The molecular weight excluding hydrogens is 437 g/mol. The molecule has 6 heteroatoms. The maximum atomic E-state index is 4.31. The molecule has 0 radical (unpaired) electrons. The van der Waals surface area contributed by atoms with Gasteiger partial charge in [0, 0.05) is 52.4 Å². The van der Waals surface area contributed by atoms with Gasteiger partial charge in [0.05, 0.1) is 0 Å². The van der Waals surface area contributed by atoms with Crippen molar-refractivity contribution in [1.82, 2.24) is 20.4 Å². The van der Waals surface area contributed by atoms with Crippen LogP contribution in [0, 0.1) is 5.92 Å². The third-order valence-corrected chi connectivity index (χ3v) is 5.31. The van der Waals surface area contributed by atoms with Gasteiger partial charge in [0.2, 0.25) is 0 Å². The molecule has 5 nitrogen and oxygen atoms in total. The molecular formula is C20H34IN5. The van der Waals surface area contributed by atoms with E-state index in [1.165, 1.54) is 51.1 Å². The first-order valence-electron chi connectivity index (χ1n) is 9.70. The Morgan fingerprint density at radius 2 is 1.77 bits per heavy atom. The van der Waals surface area contributed by atoms with Crippen molar-refractivity contribution in [3.63, 3.8) is 0 Å². The summed E-state index contributed by atoms with van der Waals surface area (Å²) in [6.07, 6.45) is 2.44. The van der Waals surface area contributed by atoms with E-state index >= 15 is 0 Å². The summed E-state index contributed by atoms with van der Waals surface area (Å²) in [4.78, 5) is 9.46. The van der Waals surface area contributed by atoms with Crippen LogP contribution < -0.4 is 10.6 Å². The molecule has 1 aliphatic heterocycles. The van der Waals surface area contributed by atoms with Crippen LogP contribution >= 0.6 is 24.0 Å². The van der Waals surface area contributed by atoms with Crippen molar-refractivity contribution in [2.45, 2.75) is 32.4 Å². The first kappa shape index (κ1) is 21.4. The maximum absolute atomic E-state index is 4.31. The number of piperazine rings is 1. The minimum absolute atomic E-state index is 0. The van der Waals surface area contributed by atoms with Crippen LogP contribution in [-0.2, 0) is 6.54 Å². The summed E-state index contributed by atoms with van der Waals surface area (Å²) in [7, 11) is 1.86. The molecule has 3 rings (SSSR count). The Morgan fingerprint density at radius 3 is 2.38 bits per heavy atom. The van der Waals surface area contributed by atoms with E-state index in [9.17, 15) is 0 Å². The molecule has 2 atom stereocenters. The Kier molecular flexibility index (Phi) is 9.15. The van der Waals surface area contributed by atoms with Crippen molar-refractivity contribution >= 4 is 29.9 Å². The van der Waals surface area contributed by atoms with E-state index in [0.717, 1.165) is 25.0 Å². The Hall–Kier alpha value is -0.860. The van der Waals surface area contributed by atoms with Gasteiger partial charge in [-0.25, -0.2) is 0 Å². The number of nitrogens with one attached hydrogen (secondary N) is 2. The van der Waals surface area contributed by atoms with E-state index in [1.807, 2.05) is 7.05 Å². The van der Waals surface area contributed by atoms with Crippen molar-refractivity contribution in [2.75, 3.05) is 46.3 Å². The maximum Gasteiger partial charge on any atom is 0.191 e. The molecule has 0 bridgehead atoms. The molecule has 2 unspecified atom stereocenters. The number of hydrogen-bond donors (Lipinski definition) is 2. The standard InChI is InChI=1S/C20H33N5.HI/c1-17-15-19(17)23-20(21-2)22-9-6-10-24-11-13-25(14-12-24)16-18-7-4-3-5-8-18;/h3-5,7-8,17,19H,6,9-16H2,1-2H3,(H2,21,22,23);1H. The van der Waals surface area contributed by atoms with Gasteiger partial charge in [-0.2, -0.15) is 0 Å². The summed E-state index contributed by atoms with van der Waals surface area (Å²) in [5.41, 5.74) is 1.42. The highest BCUT2D eigenvalue weighted by Gasteiger charge is 2.33. The Labute approximate surface area is 175 Å². The molecule has 2 aliphatic rings. The van der Waals surface area contributed by atoms with Gasteiger partial charge in [-0.3, -0.25) is 9.89 Å². The van der Waals surface area contributed by atoms with Crippen LogP contribution in [0.15, 0.2) is 35.3 Å². The van der Waals surface area contributed by atoms with Crippen LogP contribution in [0.3, 0.4) is 0 Å². The molecule has 2 fully saturated rings. The topological polar surface area (TPSA) is 42.9 Å². The second-order valence-electron chi connectivity index (χ2n) is 7.42. The number of rotatable bonds is 7. The number of aliphatic imine (C=N–C) groups is 1. The molecule has 1 saturated carbocycles. The average Bonchev–Trinajstić information content (AvgIpc) is 3.34. The Morgan fingerprint density at radius 1 is 1.12 bits per heavy atom. The number of guanidine groups is 1. The predicted molar refractivity (Wildman–Crippen MR) is 120 cm³/mol. The van der Waals surface area contributed by atoms with E-state index < -0.39 is 0 Å². The van der Waals surface area contributed by atoms with E-state index in [4.69, 9.17) is 0 Å². The SMILES string of the molecule is CN=C(NCCCN1CCN(Cc2ccccc2)CC1)NC1CC1C.I. The van der Waals surface area contributed by atoms with E-state index in [1.54, 1.807) is 0 Å². The fraction of sp³-hybridized carbons (Fsp3) is 0.650. The molecule has 26 heavy (non-hydrogen) atoms. The van der Waals surface area contributed by atoms with E-state index in [2.05, 4.69) is 62.7 Å². The van der Waals surface area contributed by atoms with Crippen molar-refractivity contribution in [3.05, 3.63) is 35.9 Å². The number of halogens is 1. The van der Waals surface area contributed by atoms with Gasteiger partial charge in [-0.15, -0.1) is 24.0 Å². The molecule has 1 saturated heterocycles. The highest BCUT2D eigenvalue weighted by molar-refractivity contribution is 14.0. The van der Waals surface area contributed by atoms with Gasteiger partial charge in [-0.1, -0.05) is 37.3 Å². The highest BCUT2D eigenvalue weighted by atomic mass is 127. The lowest BCUT2D eigenvalue weighted by atomic mass is 10.2. The molecule has 0 spiro atoms. The molecule has 2 N–H and O–H groups in total. The number of hydrogen-bond acceptors (Lipinski definition) is 3. The summed E-state index contributed by atoms with van der Waals surface area (Å²) < 4.78 is 0. The van der Waals surface area contributed by atoms with E-state index in [0.29, 0.717) is 6.04 Å². The normalized spacial score (nSPS) is 24.0. The summed E-state index contributed by atoms with van der Waals surface area (Å²) >= 11 is 0. The summed E-state index contributed by atoms with van der Waals surface area (Å²) in [6, 6.07) is 11.4. The minimum Gasteiger partial charge on any atom is -0.356 e. The van der Waals surface area contributed by atoms with Gasteiger partial charge in [0.15, 0.2) is 5.96 Å². The largest absolute Gasteiger partial charge is 0.356 e. The zero-order valence-electron chi connectivity index (χ0n) is 16.2. The predicted octanol–water partition coefficient (Wildman–Crippen LogP) is 2.39. The quantitative estimate of drug-likeness (QED) is 0.278. The van der Waals surface area contributed by atoms with E-state index in [-0.39, 0.29) is 24.0 Å². The molecule has 1 aliphatic carbocycles. The second kappa shape index (κ2) is 11.1. The molecule has 0 amide bonds. The smallest absolute Gasteiger partial charge is 0.191 e. The third kappa shape index (κ3) is 7.04. The second-order valence-corrected chi connectivity index (χ2v) is 7.42. The van der Waals surface area contributed by atoms with Crippen molar-refractivity contribution in [3.8, 4) is 0 Å². The van der Waals surface area contributed by atoms with Crippen LogP contribution in [0.4, 0.5) is 0 Å². The first-order valence-corrected chi connectivity index (χ1v) is 9.70. The van der Waals surface area contributed by atoms with Crippen LogP contribution in [-0.4, -0.2) is 68.1 Å². The van der Waals surface area contributed by atoms with Crippen molar-refractivity contribution < 1.29 is 0 Å². The minimum atomic E-state index is 0. The number of nitrogens with zero attached hydrogens (tertiary/aromatic N) is 3. The molecule has 1 aromatic rings. The fourth-order valence-electron chi connectivity index (χ4n) is 3.42. The van der Waals surface area contributed by atoms with Crippen LogP contribution in [0.25, 0.3) is 0 Å². The van der Waals surface area contributed by atoms with Crippen LogP contribution in [0.5, 0.6) is 0 Å². The van der Waals surface area contributed by atoms with Crippen LogP contribution in [0.2, 0.25) is 0 Å². The average molecular weight is 471 g/mol. The molecule has 0 aromatic heterocycles. The Bertz CT molecular complexity index is 542. The molecule has 1 aromatic carbocycles. The van der Waals surface area contributed by atoms with Crippen LogP contribution in [0.1, 0.15) is 25.3 Å².